The second kappa shape index (κ2) is 6.21. The van der Waals surface area contributed by atoms with Crippen LogP contribution < -0.4 is 0 Å². The number of carbonyl (C=O) groups excluding carboxylic acids is 1. The molecular weight excluding hydrogens is 278 g/mol. The highest BCUT2D eigenvalue weighted by Gasteiger charge is 2.44. The molecule has 0 aromatic carbocycles. The van der Waals surface area contributed by atoms with Gasteiger partial charge in [-0.05, 0) is 51.9 Å². The van der Waals surface area contributed by atoms with Gasteiger partial charge in [-0.25, -0.2) is 0 Å². The number of aliphatic carboxylic acids is 1. The summed E-state index contributed by atoms with van der Waals surface area (Å²) in [6.07, 6.45) is 7.58. The van der Waals surface area contributed by atoms with Gasteiger partial charge in [0.1, 0.15) is 0 Å². The van der Waals surface area contributed by atoms with Crippen molar-refractivity contribution in [3.8, 4) is 0 Å². The lowest BCUT2D eigenvalue weighted by Gasteiger charge is -2.47. The summed E-state index contributed by atoms with van der Waals surface area (Å²) >= 11 is 0. The molecule has 0 bridgehead atoms. The number of carbonyl (C=O) groups is 2. The summed E-state index contributed by atoms with van der Waals surface area (Å²) in [6.45, 7) is 8.09. The average molecular weight is 309 g/mol. The number of piperidine rings is 1. The van der Waals surface area contributed by atoms with Gasteiger partial charge in [-0.3, -0.25) is 9.59 Å². The van der Waals surface area contributed by atoms with Crippen molar-refractivity contribution in [1.29, 1.82) is 0 Å². The molecule has 0 aromatic rings. The fourth-order valence-electron chi connectivity index (χ4n) is 4.52. The van der Waals surface area contributed by atoms with Gasteiger partial charge in [0, 0.05) is 18.0 Å². The monoisotopic (exact) mass is 309 g/mol. The third-order valence-electron chi connectivity index (χ3n) is 5.55. The first-order valence-electron chi connectivity index (χ1n) is 8.70. The molecule has 0 radical (unpaired) electrons. The Balaban J connectivity index is 2.12. The highest BCUT2D eigenvalue weighted by atomic mass is 16.4. The molecule has 4 heteroatoms. The van der Waals surface area contributed by atoms with Crippen molar-refractivity contribution in [3.05, 3.63) is 0 Å². The number of amides is 1. The molecule has 2 fully saturated rings. The van der Waals surface area contributed by atoms with E-state index in [0.717, 1.165) is 19.4 Å². The molecule has 2 rings (SSSR count). The fraction of sp³-hybridized carbons (Fsp3) is 0.889. The number of rotatable bonds is 4. The van der Waals surface area contributed by atoms with Crippen LogP contribution in [0, 0.1) is 16.7 Å². The van der Waals surface area contributed by atoms with Gasteiger partial charge in [-0.15, -0.1) is 0 Å². The van der Waals surface area contributed by atoms with Crippen molar-refractivity contribution in [1.82, 2.24) is 4.90 Å². The standard InChI is InChI=1S/C18H31NO3/c1-17(2,12-18(3,4)16(21)22)15(20)19-11-7-9-13-8-5-6-10-14(13)19/h13-14H,5-12H2,1-4H3,(H,21,22). The average Bonchev–Trinajstić information content (AvgIpc) is 2.44. The molecular formula is C18H31NO3. The van der Waals surface area contributed by atoms with Crippen LogP contribution in [0.3, 0.4) is 0 Å². The van der Waals surface area contributed by atoms with Crippen molar-refractivity contribution in [2.75, 3.05) is 6.54 Å². The Morgan fingerprint density at radius 3 is 2.23 bits per heavy atom. The van der Waals surface area contributed by atoms with E-state index in [1.54, 1.807) is 13.8 Å². The van der Waals surface area contributed by atoms with Crippen LogP contribution in [0.1, 0.15) is 72.6 Å². The molecule has 2 atom stereocenters. The molecule has 2 aliphatic rings. The van der Waals surface area contributed by atoms with Crippen molar-refractivity contribution < 1.29 is 14.7 Å². The molecule has 0 aromatic heterocycles. The first-order valence-corrected chi connectivity index (χ1v) is 8.70. The van der Waals surface area contributed by atoms with Crippen LogP contribution in [-0.4, -0.2) is 34.5 Å². The fourth-order valence-corrected chi connectivity index (χ4v) is 4.52. The zero-order chi connectivity index (χ0) is 16.5. The van der Waals surface area contributed by atoms with E-state index >= 15 is 0 Å². The van der Waals surface area contributed by atoms with E-state index in [-0.39, 0.29) is 5.91 Å². The van der Waals surface area contributed by atoms with Gasteiger partial charge < -0.3 is 10.0 Å². The van der Waals surface area contributed by atoms with Crippen molar-refractivity contribution in [2.45, 2.75) is 78.7 Å². The van der Waals surface area contributed by atoms with Crippen molar-refractivity contribution in [3.63, 3.8) is 0 Å². The van der Waals surface area contributed by atoms with Crippen molar-refractivity contribution >= 4 is 11.9 Å². The minimum atomic E-state index is -0.874. The topological polar surface area (TPSA) is 57.6 Å². The predicted molar refractivity (Wildman–Crippen MR) is 86.5 cm³/mol. The van der Waals surface area contributed by atoms with Crippen LogP contribution in [0.5, 0.6) is 0 Å². The summed E-state index contributed by atoms with van der Waals surface area (Å²) < 4.78 is 0. The first-order chi connectivity index (χ1) is 10.1. The molecule has 1 heterocycles. The van der Waals surface area contributed by atoms with E-state index in [4.69, 9.17) is 0 Å². The molecule has 22 heavy (non-hydrogen) atoms. The van der Waals surface area contributed by atoms with Crippen molar-refractivity contribution in [2.24, 2.45) is 16.7 Å². The number of hydrogen-bond acceptors (Lipinski definition) is 2. The highest BCUT2D eigenvalue weighted by molar-refractivity contribution is 5.84. The maximum Gasteiger partial charge on any atom is 0.309 e. The number of likely N-dealkylation sites (tertiary alicyclic amines) is 1. The molecule has 0 spiro atoms. The maximum absolute atomic E-state index is 13.1. The number of nitrogens with zero attached hydrogens (tertiary/aromatic N) is 1. The van der Waals surface area contributed by atoms with Gasteiger partial charge in [0.15, 0.2) is 0 Å². The molecule has 1 aliphatic carbocycles. The Hall–Kier alpha value is -1.06. The number of hydrogen-bond donors (Lipinski definition) is 1. The third kappa shape index (κ3) is 3.47. The molecule has 1 N–H and O–H groups in total. The van der Waals surface area contributed by atoms with Crippen LogP contribution in [0.2, 0.25) is 0 Å². The molecule has 1 saturated heterocycles. The van der Waals surface area contributed by atoms with Crippen LogP contribution in [-0.2, 0) is 9.59 Å². The van der Waals surface area contributed by atoms with E-state index in [1.165, 1.54) is 25.7 Å². The van der Waals surface area contributed by atoms with Gasteiger partial charge in [0.25, 0.3) is 0 Å². The van der Waals surface area contributed by atoms with E-state index in [9.17, 15) is 14.7 Å². The SMILES string of the molecule is CC(C)(CC(C)(C)C(=O)N1CCCC2CCCCC21)C(=O)O. The summed E-state index contributed by atoms with van der Waals surface area (Å²) in [5.41, 5.74) is -1.50. The zero-order valence-electron chi connectivity index (χ0n) is 14.5. The number of carboxylic acids is 1. The summed E-state index contributed by atoms with van der Waals surface area (Å²) in [5, 5.41) is 9.36. The zero-order valence-corrected chi connectivity index (χ0v) is 14.5. The van der Waals surface area contributed by atoms with Crippen LogP contribution in [0.4, 0.5) is 0 Å². The Kier molecular flexibility index (Phi) is 4.88. The molecule has 126 valence electrons. The lowest BCUT2D eigenvalue weighted by molar-refractivity contribution is -0.154. The van der Waals surface area contributed by atoms with Crippen LogP contribution in [0.25, 0.3) is 0 Å². The van der Waals surface area contributed by atoms with Crippen LogP contribution >= 0.6 is 0 Å². The van der Waals surface area contributed by atoms with Gasteiger partial charge in [0.2, 0.25) is 5.91 Å². The van der Waals surface area contributed by atoms with Gasteiger partial charge >= 0.3 is 5.97 Å². The highest BCUT2D eigenvalue weighted by Crippen LogP contribution is 2.40. The minimum absolute atomic E-state index is 0.151. The smallest absolute Gasteiger partial charge is 0.309 e. The van der Waals surface area contributed by atoms with E-state index in [1.807, 2.05) is 13.8 Å². The predicted octanol–water partition coefficient (Wildman–Crippen LogP) is 3.69. The summed E-state index contributed by atoms with van der Waals surface area (Å²) in [4.78, 5) is 26.6. The molecule has 1 saturated carbocycles. The summed E-state index contributed by atoms with van der Waals surface area (Å²) in [5.74, 6) is -0.0179. The van der Waals surface area contributed by atoms with E-state index in [0.29, 0.717) is 18.4 Å². The van der Waals surface area contributed by atoms with E-state index in [2.05, 4.69) is 4.90 Å². The molecule has 2 unspecified atom stereocenters. The Labute approximate surface area is 134 Å². The number of fused-ring (bicyclic) bond motifs is 1. The number of carboxylic acid groups (broad SMARTS) is 1. The molecule has 1 amide bonds. The second-order valence-corrected chi connectivity index (χ2v) is 8.50. The Morgan fingerprint density at radius 1 is 1.00 bits per heavy atom. The van der Waals surface area contributed by atoms with Crippen LogP contribution in [0.15, 0.2) is 0 Å². The minimum Gasteiger partial charge on any atom is -0.481 e. The Bertz CT molecular complexity index is 440. The largest absolute Gasteiger partial charge is 0.481 e. The van der Waals surface area contributed by atoms with E-state index < -0.39 is 16.8 Å². The van der Waals surface area contributed by atoms with Gasteiger partial charge in [-0.2, -0.15) is 0 Å². The first kappa shape index (κ1) is 17.3. The third-order valence-corrected chi connectivity index (χ3v) is 5.55. The lowest BCUT2D eigenvalue weighted by atomic mass is 9.72. The maximum atomic E-state index is 13.1. The summed E-state index contributed by atoms with van der Waals surface area (Å²) in [6, 6.07) is 0.391. The Morgan fingerprint density at radius 2 is 1.59 bits per heavy atom. The summed E-state index contributed by atoms with van der Waals surface area (Å²) in [7, 11) is 0. The normalized spacial score (nSPS) is 26.5. The second-order valence-electron chi connectivity index (χ2n) is 8.50. The molecule has 4 nitrogen and oxygen atoms in total. The van der Waals surface area contributed by atoms with Gasteiger partial charge in [-0.1, -0.05) is 26.7 Å². The molecule has 1 aliphatic heterocycles. The lowest BCUT2D eigenvalue weighted by Crippen LogP contribution is -2.54. The quantitative estimate of drug-likeness (QED) is 0.861. The van der Waals surface area contributed by atoms with Gasteiger partial charge in [0.05, 0.1) is 5.41 Å².